The molecule has 5 rings (SSSR count). The van der Waals surface area contributed by atoms with Crippen LogP contribution in [0, 0.1) is 0 Å². The minimum absolute atomic E-state index is 0.160. The van der Waals surface area contributed by atoms with Gasteiger partial charge in [-0.1, -0.05) is 12.1 Å². The average molecular weight is 395 g/mol. The van der Waals surface area contributed by atoms with Gasteiger partial charge in [-0.05, 0) is 23.6 Å². The molecule has 2 aromatic rings. The average Bonchev–Trinajstić information content (AvgIpc) is 3.23. The maximum absolute atomic E-state index is 12.8. The second-order valence-electron chi connectivity index (χ2n) is 7.64. The SMILES string of the molecule is O=C1CCC(N2Cc3cc(CNn4cnnc4C4CNC4)ccc3C2=O)C(=O)N1. The predicted molar refractivity (Wildman–Crippen MR) is 101 cm³/mol. The summed E-state index contributed by atoms with van der Waals surface area (Å²) in [6, 6.07) is 5.11. The van der Waals surface area contributed by atoms with Crippen molar-refractivity contribution in [3.05, 3.63) is 47.0 Å². The third-order valence-electron chi connectivity index (χ3n) is 5.76. The molecule has 2 saturated heterocycles. The maximum atomic E-state index is 12.8. The molecule has 1 aromatic carbocycles. The molecule has 0 radical (unpaired) electrons. The Balaban J connectivity index is 1.28. The van der Waals surface area contributed by atoms with Crippen molar-refractivity contribution < 1.29 is 14.4 Å². The molecule has 3 amide bonds. The number of benzene rings is 1. The molecule has 0 bridgehead atoms. The van der Waals surface area contributed by atoms with E-state index in [0.29, 0.717) is 31.0 Å². The Bertz CT molecular complexity index is 997. The van der Waals surface area contributed by atoms with Gasteiger partial charge in [0.2, 0.25) is 11.8 Å². The molecule has 1 unspecified atom stereocenters. The van der Waals surface area contributed by atoms with Crippen LogP contribution in [0.5, 0.6) is 0 Å². The van der Waals surface area contributed by atoms with Crippen LogP contribution in [0.2, 0.25) is 0 Å². The highest BCUT2D eigenvalue weighted by Gasteiger charge is 2.39. The number of hydrogen-bond acceptors (Lipinski definition) is 7. The molecule has 150 valence electrons. The van der Waals surface area contributed by atoms with Gasteiger partial charge >= 0.3 is 0 Å². The molecule has 10 nitrogen and oxygen atoms in total. The zero-order valence-corrected chi connectivity index (χ0v) is 15.7. The van der Waals surface area contributed by atoms with Gasteiger partial charge in [0, 0.05) is 37.5 Å². The van der Waals surface area contributed by atoms with Gasteiger partial charge in [-0.2, -0.15) is 0 Å². The molecule has 3 N–H and O–H groups in total. The zero-order valence-electron chi connectivity index (χ0n) is 15.7. The summed E-state index contributed by atoms with van der Waals surface area (Å²) in [5.41, 5.74) is 5.84. The molecule has 0 saturated carbocycles. The zero-order chi connectivity index (χ0) is 20.0. The van der Waals surface area contributed by atoms with Crippen LogP contribution in [0.25, 0.3) is 0 Å². The standard InChI is InChI=1S/C19H21N7O3/c27-16-4-3-15(18(28)23-16)25-9-12-5-11(1-2-14(12)19(25)29)6-22-26-10-21-24-17(26)13-7-20-8-13/h1-2,5,10,13,15,20,22H,3-4,6-9H2,(H,23,27,28). The molecular weight excluding hydrogens is 374 g/mol. The molecule has 3 aliphatic heterocycles. The minimum atomic E-state index is -0.593. The Kier molecular flexibility index (Phi) is 4.27. The van der Waals surface area contributed by atoms with Crippen molar-refractivity contribution in [1.82, 2.24) is 30.4 Å². The Morgan fingerprint density at radius 2 is 2.07 bits per heavy atom. The molecule has 29 heavy (non-hydrogen) atoms. The first kappa shape index (κ1) is 17.8. The van der Waals surface area contributed by atoms with Crippen molar-refractivity contribution in [1.29, 1.82) is 0 Å². The van der Waals surface area contributed by atoms with E-state index in [2.05, 4.69) is 26.3 Å². The number of amides is 3. The Morgan fingerprint density at radius 3 is 2.83 bits per heavy atom. The van der Waals surface area contributed by atoms with E-state index in [-0.39, 0.29) is 18.2 Å². The molecule has 1 aromatic heterocycles. The van der Waals surface area contributed by atoms with Gasteiger partial charge < -0.3 is 15.6 Å². The third-order valence-corrected chi connectivity index (χ3v) is 5.76. The first-order valence-corrected chi connectivity index (χ1v) is 9.71. The first-order chi connectivity index (χ1) is 14.1. The largest absolute Gasteiger partial charge is 0.322 e. The van der Waals surface area contributed by atoms with Crippen LogP contribution in [0.4, 0.5) is 0 Å². The fourth-order valence-electron chi connectivity index (χ4n) is 4.03. The lowest BCUT2D eigenvalue weighted by molar-refractivity contribution is -0.136. The van der Waals surface area contributed by atoms with Crippen LogP contribution in [0.1, 0.15) is 46.1 Å². The van der Waals surface area contributed by atoms with Crippen molar-refractivity contribution in [3.63, 3.8) is 0 Å². The maximum Gasteiger partial charge on any atom is 0.255 e. The Hall–Kier alpha value is -3.27. The van der Waals surface area contributed by atoms with E-state index >= 15 is 0 Å². The fourth-order valence-corrected chi connectivity index (χ4v) is 4.03. The summed E-state index contributed by atoms with van der Waals surface area (Å²) in [7, 11) is 0. The topological polar surface area (TPSA) is 121 Å². The van der Waals surface area contributed by atoms with E-state index in [4.69, 9.17) is 0 Å². The molecular formula is C19H21N7O3. The highest BCUT2D eigenvalue weighted by Crippen LogP contribution is 2.28. The summed E-state index contributed by atoms with van der Waals surface area (Å²) in [4.78, 5) is 37.8. The van der Waals surface area contributed by atoms with Gasteiger partial charge in [-0.15, -0.1) is 10.2 Å². The highest BCUT2D eigenvalue weighted by atomic mass is 16.2. The summed E-state index contributed by atoms with van der Waals surface area (Å²) in [6.07, 6.45) is 2.28. The summed E-state index contributed by atoms with van der Waals surface area (Å²) in [5.74, 6) is 0.436. The van der Waals surface area contributed by atoms with Crippen LogP contribution >= 0.6 is 0 Å². The van der Waals surface area contributed by atoms with Gasteiger partial charge in [-0.25, -0.2) is 4.68 Å². The number of rotatable bonds is 5. The number of fused-ring (bicyclic) bond motifs is 1. The molecule has 10 heteroatoms. The van der Waals surface area contributed by atoms with Gasteiger partial charge in [0.1, 0.15) is 12.4 Å². The Labute approximate surface area is 166 Å². The van der Waals surface area contributed by atoms with Gasteiger partial charge in [0.25, 0.3) is 5.91 Å². The lowest BCUT2D eigenvalue weighted by Gasteiger charge is -2.29. The second-order valence-corrected chi connectivity index (χ2v) is 7.64. The van der Waals surface area contributed by atoms with Gasteiger partial charge in [0.05, 0.1) is 6.54 Å². The van der Waals surface area contributed by atoms with E-state index < -0.39 is 11.9 Å². The second kappa shape index (κ2) is 6.96. The van der Waals surface area contributed by atoms with Crippen molar-refractivity contribution in [2.24, 2.45) is 0 Å². The van der Waals surface area contributed by atoms with Gasteiger partial charge in [-0.3, -0.25) is 19.7 Å². The number of imide groups is 1. The van der Waals surface area contributed by atoms with Crippen molar-refractivity contribution in [2.75, 3.05) is 18.5 Å². The van der Waals surface area contributed by atoms with Crippen molar-refractivity contribution >= 4 is 17.7 Å². The smallest absolute Gasteiger partial charge is 0.255 e. The van der Waals surface area contributed by atoms with Crippen LogP contribution in [-0.2, 0) is 22.7 Å². The van der Waals surface area contributed by atoms with E-state index in [1.165, 1.54) is 0 Å². The number of carbonyl (C=O) groups is 3. The van der Waals surface area contributed by atoms with Gasteiger partial charge in [0.15, 0.2) is 5.82 Å². The number of aromatic nitrogens is 3. The molecule has 1 atom stereocenters. The summed E-state index contributed by atoms with van der Waals surface area (Å²) >= 11 is 0. The molecule has 0 aliphatic carbocycles. The number of nitrogens with zero attached hydrogens (tertiary/aromatic N) is 4. The van der Waals surface area contributed by atoms with E-state index in [1.807, 2.05) is 22.9 Å². The number of carbonyl (C=O) groups excluding carboxylic acids is 3. The Morgan fingerprint density at radius 1 is 1.21 bits per heavy atom. The van der Waals surface area contributed by atoms with Crippen molar-refractivity contribution in [2.45, 2.75) is 37.9 Å². The number of nitrogens with one attached hydrogen (secondary N) is 3. The lowest BCUT2D eigenvalue weighted by Crippen LogP contribution is -2.52. The van der Waals surface area contributed by atoms with Crippen molar-refractivity contribution in [3.8, 4) is 0 Å². The van der Waals surface area contributed by atoms with E-state index in [0.717, 1.165) is 30.0 Å². The third kappa shape index (κ3) is 3.15. The summed E-state index contributed by atoms with van der Waals surface area (Å²) in [5, 5.41) is 13.7. The highest BCUT2D eigenvalue weighted by molar-refractivity contribution is 6.05. The lowest BCUT2D eigenvalue weighted by atomic mass is 10.0. The molecule has 4 heterocycles. The fraction of sp³-hybridized carbons (Fsp3) is 0.421. The van der Waals surface area contributed by atoms with Crippen LogP contribution in [-0.4, -0.2) is 56.6 Å². The predicted octanol–water partition coefficient (Wildman–Crippen LogP) is -0.530. The van der Waals surface area contributed by atoms with Crippen LogP contribution < -0.4 is 16.1 Å². The molecule has 2 fully saturated rings. The van der Waals surface area contributed by atoms with Crippen LogP contribution in [0.15, 0.2) is 24.5 Å². The normalized spacial score (nSPS) is 21.7. The summed E-state index contributed by atoms with van der Waals surface area (Å²) in [6.45, 7) is 2.74. The van der Waals surface area contributed by atoms with E-state index in [9.17, 15) is 14.4 Å². The summed E-state index contributed by atoms with van der Waals surface area (Å²) < 4.78 is 1.85. The van der Waals surface area contributed by atoms with Crippen LogP contribution in [0.3, 0.4) is 0 Å². The quantitative estimate of drug-likeness (QED) is 0.582. The minimum Gasteiger partial charge on any atom is -0.322 e. The number of hydrogen-bond donors (Lipinski definition) is 3. The first-order valence-electron chi connectivity index (χ1n) is 9.71. The number of piperidine rings is 1. The molecule has 3 aliphatic rings. The van der Waals surface area contributed by atoms with E-state index in [1.54, 1.807) is 11.2 Å². The molecule has 0 spiro atoms. The monoisotopic (exact) mass is 395 g/mol.